The lowest BCUT2D eigenvalue weighted by atomic mass is 9.98. The zero-order valence-corrected chi connectivity index (χ0v) is 13.2. The first-order chi connectivity index (χ1) is 10.7. The van der Waals surface area contributed by atoms with Crippen LogP contribution in [0.15, 0.2) is 24.4 Å². The molecule has 0 saturated heterocycles. The molecule has 0 amide bonds. The van der Waals surface area contributed by atoms with E-state index in [0.717, 1.165) is 0 Å². The molecule has 1 aromatic heterocycles. The van der Waals surface area contributed by atoms with Crippen molar-refractivity contribution in [2.45, 2.75) is 20.8 Å². The molecule has 0 radical (unpaired) electrons. The Balaban J connectivity index is 2.36. The molecule has 0 unspecified atom stereocenters. The van der Waals surface area contributed by atoms with E-state index in [1.165, 1.54) is 10.9 Å². The fraction of sp³-hybridized carbons (Fsp3) is 0.312. The highest BCUT2D eigenvalue weighted by atomic mass is 16.5. The average molecular weight is 314 g/mol. The van der Waals surface area contributed by atoms with Gasteiger partial charge in [-0.25, -0.2) is 9.48 Å². The van der Waals surface area contributed by atoms with Crippen LogP contribution in [0, 0.1) is 16.7 Å². The molecule has 7 nitrogen and oxygen atoms in total. The molecule has 3 N–H and O–H groups in total. The lowest BCUT2D eigenvalue weighted by Gasteiger charge is -2.19. The van der Waals surface area contributed by atoms with Gasteiger partial charge in [-0.15, -0.1) is 0 Å². The van der Waals surface area contributed by atoms with Crippen LogP contribution in [0.5, 0.6) is 5.75 Å². The van der Waals surface area contributed by atoms with Gasteiger partial charge in [-0.1, -0.05) is 20.8 Å². The normalized spacial score (nSPS) is 11.0. The lowest BCUT2D eigenvalue weighted by molar-refractivity contribution is 0.0698. The Morgan fingerprint density at radius 3 is 2.70 bits per heavy atom. The second-order valence-corrected chi connectivity index (χ2v) is 6.30. The van der Waals surface area contributed by atoms with Gasteiger partial charge in [0, 0.05) is 0 Å². The van der Waals surface area contributed by atoms with E-state index in [0.29, 0.717) is 23.6 Å². The highest BCUT2D eigenvalue weighted by molar-refractivity contribution is 5.92. The van der Waals surface area contributed by atoms with Gasteiger partial charge in [-0.3, -0.25) is 0 Å². The zero-order valence-electron chi connectivity index (χ0n) is 13.2. The topological polar surface area (TPSA) is 114 Å². The molecule has 7 heteroatoms. The SMILES string of the molecule is CC(C)(C)COc1ccc(-n2ncc(C(=O)O)c2N)cc1C#N. The van der Waals surface area contributed by atoms with Crippen molar-refractivity contribution in [2.75, 3.05) is 12.3 Å². The number of rotatable bonds is 4. The molecule has 0 atom stereocenters. The van der Waals surface area contributed by atoms with Gasteiger partial charge < -0.3 is 15.6 Å². The first-order valence-corrected chi connectivity index (χ1v) is 6.97. The Labute approximate surface area is 133 Å². The van der Waals surface area contributed by atoms with Crippen molar-refractivity contribution in [1.82, 2.24) is 9.78 Å². The molecule has 1 aromatic carbocycles. The molecular formula is C16H18N4O3. The van der Waals surface area contributed by atoms with E-state index in [4.69, 9.17) is 15.6 Å². The molecule has 2 rings (SSSR count). The van der Waals surface area contributed by atoms with E-state index in [1.54, 1.807) is 18.2 Å². The van der Waals surface area contributed by atoms with Crippen LogP contribution in [0.4, 0.5) is 5.82 Å². The first kappa shape index (κ1) is 16.4. The summed E-state index contributed by atoms with van der Waals surface area (Å²) in [4.78, 5) is 11.0. The van der Waals surface area contributed by atoms with E-state index in [9.17, 15) is 10.1 Å². The predicted octanol–water partition coefficient (Wildman–Crippen LogP) is 2.45. The van der Waals surface area contributed by atoms with Crippen LogP contribution in [0.1, 0.15) is 36.7 Å². The summed E-state index contributed by atoms with van der Waals surface area (Å²) in [7, 11) is 0. The molecule has 0 fully saturated rings. The van der Waals surface area contributed by atoms with Crippen molar-refractivity contribution in [3.63, 3.8) is 0 Å². The minimum Gasteiger partial charge on any atom is -0.492 e. The molecule has 1 heterocycles. The number of nitrogens with zero attached hydrogens (tertiary/aromatic N) is 3. The first-order valence-electron chi connectivity index (χ1n) is 6.97. The third-order valence-electron chi connectivity index (χ3n) is 3.03. The van der Waals surface area contributed by atoms with Crippen molar-refractivity contribution in [3.8, 4) is 17.5 Å². The summed E-state index contributed by atoms with van der Waals surface area (Å²) < 4.78 is 6.96. The number of carboxylic acids is 1. The van der Waals surface area contributed by atoms with Crippen LogP contribution in [0.2, 0.25) is 0 Å². The number of nitrogen functional groups attached to an aromatic ring is 1. The maximum Gasteiger partial charge on any atom is 0.341 e. The zero-order chi connectivity index (χ0) is 17.2. The predicted molar refractivity (Wildman–Crippen MR) is 84.6 cm³/mol. The highest BCUT2D eigenvalue weighted by Crippen LogP contribution is 2.25. The van der Waals surface area contributed by atoms with Gasteiger partial charge in [0.15, 0.2) is 0 Å². The molecule has 0 aliphatic heterocycles. The summed E-state index contributed by atoms with van der Waals surface area (Å²) in [5, 5.41) is 22.3. The Morgan fingerprint density at radius 2 is 2.17 bits per heavy atom. The summed E-state index contributed by atoms with van der Waals surface area (Å²) >= 11 is 0. The van der Waals surface area contributed by atoms with Crippen LogP contribution in [-0.4, -0.2) is 27.5 Å². The van der Waals surface area contributed by atoms with Crippen molar-refractivity contribution in [2.24, 2.45) is 5.41 Å². The van der Waals surface area contributed by atoms with Crippen LogP contribution in [0.25, 0.3) is 5.69 Å². The third kappa shape index (κ3) is 3.61. The van der Waals surface area contributed by atoms with Gasteiger partial charge in [0.2, 0.25) is 0 Å². The fourth-order valence-corrected chi connectivity index (χ4v) is 1.89. The van der Waals surface area contributed by atoms with E-state index in [2.05, 4.69) is 11.2 Å². The average Bonchev–Trinajstić information content (AvgIpc) is 2.86. The summed E-state index contributed by atoms with van der Waals surface area (Å²) in [6.45, 7) is 6.57. The summed E-state index contributed by atoms with van der Waals surface area (Å²) in [6.07, 6.45) is 1.17. The molecule has 0 saturated carbocycles. The van der Waals surface area contributed by atoms with Gasteiger partial charge in [-0.2, -0.15) is 10.4 Å². The number of aromatic carboxylic acids is 1. The number of hydrogen-bond donors (Lipinski definition) is 2. The van der Waals surface area contributed by atoms with Gasteiger partial charge >= 0.3 is 5.97 Å². The van der Waals surface area contributed by atoms with Crippen molar-refractivity contribution in [3.05, 3.63) is 35.5 Å². The summed E-state index contributed by atoms with van der Waals surface area (Å²) in [6, 6.07) is 6.96. The van der Waals surface area contributed by atoms with Crippen LogP contribution < -0.4 is 10.5 Å². The Kier molecular flexibility index (Phi) is 4.27. The third-order valence-corrected chi connectivity index (χ3v) is 3.03. The maximum absolute atomic E-state index is 11.0. The van der Waals surface area contributed by atoms with E-state index < -0.39 is 5.97 Å². The summed E-state index contributed by atoms with van der Waals surface area (Å²) in [5.41, 5.74) is 6.49. The van der Waals surface area contributed by atoms with Crippen LogP contribution >= 0.6 is 0 Å². The second kappa shape index (κ2) is 6.01. The smallest absolute Gasteiger partial charge is 0.341 e. The van der Waals surface area contributed by atoms with Gasteiger partial charge in [-0.05, 0) is 23.6 Å². The molecule has 0 bridgehead atoms. The largest absolute Gasteiger partial charge is 0.492 e. The number of carbonyl (C=O) groups is 1. The number of benzene rings is 1. The van der Waals surface area contributed by atoms with Gasteiger partial charge in [0.05, 0.1) is 24.1 Å². The fourth-order valence-electron chi connectivity index (χ4n) is 1.89. The van der Waals surface area contributed by atoms with Crippen LogP contribution in [-0.2, 0) is 0 Å². The Bertz CT molecular complexity index is 782. The number of carboxylic acid groups (broad SMARTS) is 1. The van der Waals surface area contributed by atoms with Crippen molar-refractivity contribution in [1.29, 1.82) is 5.26 Å². The lowest BCUT2D eigenvalue weighted by Crippen LogP contribution is -2.17. The number of ether oxygens (including phenoxy) is 1. The molecule has 0 aliphatic rings. The molecule has 120 valence electrons. The van der Waals surface area contributed by atoms with E-state index >= 15 is 0 Å². The van der Waals surface area contributed by atoms with E-state index in [1.807, 2.05) is 20.8 Å². The number of hydrogen-bond acceptors (Lipinski definition) is 5. The van der Waals surface area contributed by atoms with Crippen molar-refractivity contribution >= 4 is 11.8 Å². The number of nitrogens with two attached hydrogens (primary N) is 1. The maximum atomic E-state index is 11.0. The minimum atomic E-state index is -1.15. The van der Waals surface area contributed by atoms with Gasteiger partial charge in [0.25, 0.3) is 0 Å². The second-order valence-electron chi connectivity index (χ2n) is 6.30. The number of nitriles is 1. The van der Waals surface area contributed by atoms with Crippen molar-refractivity contribution < 1.29 is 14.6 Å². The Hall–Kier alpha value is -3.01. The monoisotopic (exact) mass is 314 g/mol. The van der Waals surface area contributed by atoms with E-state index in [-0.39, 0.29) is 16.8 Å². The van der Waals surface area contributed by atoms with Crippen LogP contribution in [0.3, 0.4) is 0 Å². The summed E-state index contributed by atoms with van der Waals surface area (Å²) in [5.74, 6) is -0.681. The molecule has 0 spiro atoms. The number of aromatic nitrogens is 2. The minimum absolute atomic E-state index is 0.00440. The van der Waals surface area contributed by atoms with Gasteiger partial charge in [0.1, 0.15) is 23.2 Å². The Morgan fingerprint density at radius 1 is 1.48 bits per heavy atom. The molecular weight excluding hydrogens is 296 g/mol. The standard InChI is InChI=1S/C16H18N4O3/c1-16(2,3)9-23-13-5-4-11(6-10(13)7-17)20-14(18)12(8-19-20)15(21)22/h4-6,8H,9,18H2,1-3H3,(H,21,22). The highest BCUT2D eigenvalue weighted by Gasteiger charge is 2.17. The molecule has 2 aromatic rings. The molecule has 23 heavy (non-hydrogen) atoms. The molecule has 0 aliphatic carbocycles. The quantitative estimate of drug-likeness (QED) is 0.896. The number of anilines is 1.